The number of ether oxygens (including phenoxy) is 2. The lowest BCUT2D eigenvalue weighted by Gasteiger charge is -2.09. The van der Waals surface area contributed by atoms with E-state index < -0.39 is 6.04 Å². The molecule has 0 unspecified atom stereocenters. The second-order valence-corrected chi connectivity index (χ2v) is 3.38. The molecule has 4 heteroatoms. The van der Waals surface area contributed by atoms with Crippen LogP contribution in [0.2, 0.25) is 0 Å². The summed E-state index contributed by atoms with van der Waals surface area (Å²) >= 11 is 0. The topological polar surface area (TPSA) is 35.5 Å². The Morgan fingerprint density at radius 2 is 2.19 bits per heavy atom. The van der Waals surface area contributed by atoms with Gasteiger partial charge in [0.05, 0.1) is 12.7 Å². The molecular weight excluding hydrogens is 211 g/mol. The maximum Gasteiger partial charge on any atom is 0.335 e. The maximum absolute atomic E-state index is 12.7. The number of rotatable bonds is 5. The number of halogens is 1. The maximum atomic E-state index is 12.7. The summed E-state index contributed by atoms with van der Waals surface area (Å²) < 4.78 is 22.9. The molecule has 0 heterocycles. The molecule has 0 amide bonds. The highest BCUT2D eigenvalue weighted by atomic mass is 19.1. The molecule has 0 saturated carbocycles. The number of hydrogen-bond acceptors (Lipinski definition) is 3. The predicted molar refractivity (Wildman–Crippen MR) is 58.7 cm³/mol. The fraction of sp³-hybridized carbons (Fsp3) is 0.250. The monoisotopic (exact) mass is 224 g/mol. The summed E-state index contributed by atoms with van der Waals surface area (Å²) in [6, 6.07) is 2.85. The van der Waals surface area contributed by atoms with Crippen LogP contribution in [-0.4, -0.2) is 19.8 Å². The number of carbonyl (C=O) groups excluding carboxylic acids is 1. The van der Waals surface area contributed by atoms with Crippen molar-refractivity contribution in [3.63, 3.8) is 0 Å². The van der Waals surface area contributed by atoms with E-state index >= 15 is 0 Å². The lowest BCUT2D eigenvalue weighted by atomic mass is 10.2. The quantitative estimate of drug-likeness (QED) is 0.570. The van der Waals surface area contributed by atoms with E-state index in [1.807, 2.05) is 0 Å². The Kier molecular flexibility index (Phi) is 4.05. The Morgan fingerprint density at radius 3 is 2.69 bits per heavy atom. The third-order valence-electron chi connectivity index (χ3n) is 1.87. The van der Waals surface area contributed by atoms with Crippen molar-refractivity contribution in [2.75, 3.05) is 13.7 Å². The molecule has 86 valence electrons. The van der Waals surface area contributed by atoms with Gasteiger partial charge in [-0.15, -0.1) is 0 Å². The molecule has 0 N–H and O–H groups in total. The van der Waals surface area contributed by atoms with Crippen molar-refractivity contribution in [2.45, 2.75) is 6.92 Å². The highest BCUT2D eigenvalue weighted by Crippen LogP contribution is 2.25. The van der Waals surface area contributed by atoms with E-state index in [9.17, 15) is 9.18 Å². The van der Waals surface area contributed by atoms with E-state index in [-0.39, 0.29) is 17.9 Å². The summed E-state index contributed by atoms with van der Waals surface area (Å²) in [5.74, 6) is 0.597. The van der Waals surface area contributed by atoms with Gasteiger partial charge in [0.2, 0.25) is 0 Å². The molecule has 0 atom stereocenters. The summed E-state index contributed by atoms with van der Waals surface area (Å²) in [4.78, 5) is 10.8. The molecule has 0 saturated heterocycles. The van der Waals surface area contributed by atoms with Crippen molar-refractivity contribution in [3.8, 4) is 11.5 Å². The molecule has 0 aromatic heterocycles. The molecule has 0 radical (unpaired) electrons. The average molecular weight is 224 g/mol. The summed E-state index contributed by atoms with van der Waals surface area (Å²) in [6.07, 6.45) is 0. The van der Waals surface area contributed by atoms with Crippen molar-refractivity contribution in [1.82, 2.24) is 0 Å². The first-order valence-electron chi connectivity index (χ1n) is 4.69. The Balaban J connectivity index is 2.98. The van der Waals surface area contributed by atoms with Gasteiger partial charge >= 0.3 is 6.04 Å². The molecule has 0 spiro atoms. The highest BCUT2D eigenvalue weighted by Gasteiger charge is 2.13. The first-order valence-corrected chi connectivity index (χ1v) is 4.69. The Hall–Kier alpha value is -1.84. The van der Waals surface area contributed by atoms with E-state index in [1.165, 1.54) is 19.2 Å². The van der Waals surface area contributed by atoms with E-state index in [0.717, 1.165) is 5.57 Å². The zero-order valence-electron chi connectivity index (χ0n) is 9.25. The molecule has 0 bridgehead atoms. The van der Waals surface area contributed by atoms with Gasteiger partial charge in [-0.2, -0.15) is 4.39 Å². The zero-order chi connectivity index (χ0) is 12.1. The van der Waals surface area contributed by atoms with Crippen LogP contribution in [0.3, 0.4) is 0 Å². The van der Waals surface area contributed by atoms with Gasteiger partial charge in [0, 0.05) is 0 Å². The van der Waals surface area contributed by atoms with Crippen molar-refractivity contribution >= 4 is 6.04 Å². The largest absolute Gasteiger partial charge is 0.497 e. The number of hydrogen-bond donors (Lipinski definition) is 0. The number of benzene rings is 1. The summed E-state index contributed by atoms with van der Waals surface area (Å²) in [7, 11) is 1.44. The van der Waals surface area contributed by atoms with Crippen LogP contribution in [0.15, 0.2) is 30.4 Å². The van der Waals surface area contributed by atoms with Crippen LogP contribution in [0.25, 0.3) is 0 Å². The minimum atomic E-state index is -1.55. The third kappa shape index (κ3) is 3.08. The molecule has 0 aliphatic carbocycles. The molecule has 1 rings (SSSR count). The molecular formula is C12H13FO3. The smallest absolute Gasteiger partial charge is 0.335 e. The predicted octanol–water partition coefficient (Wildman–Crippen LogP) is 2.76. The first kappa shape index (κ1) is 12.2. The SMILES string of the molecule is C=C(C)COc1ccc(OC)cc1C(=O)F. The summed E-state index contributed by atoms with van der Waals surface area (Å²) in [6.45, 7) is 5.67. The van der Waals surface area contributed by atoms with Gasteiger partial charge in [0.25, 0.3) is 0 Å². The third-order valence-corrected chi connectivity index (χ3v) is 1.87. The average Bonchev–Trinajstić information content (AvgIpc) is 2.25. The van der Waals surface area contributed by atoms with Crippen LogP contribution < -0.4 is 9.47 Å². The van der Waals surface area contributed by atoms with Gasteiger partial charge in [-0.3, -0.25) is 4.79 Å². The Morgan fingerprint density at radius 1 is 1.50 bits per heavy atom. The highest BCUT2D eigenvalue weighted by molar-refractivity contribution is 5.92. The molecule has 1 aromatic carbocycles. The fourth-order valence-corrected chi connectivity index (χ4v) is 1.12. The van der Waals surface area contributed by atoms with Crippen LogP contribution >= 0.6 is 0 Å². The minimum Gasteiger partial charge on any atom is -0.497 e. The van der Waals surface area contributed by atoms with Crippen LogP contribution in [0.1, 0.15) is 17.3 Å². The Labute approximate surface area is 93.5 Å². The van der Waals surface area contributed by atoms with E-state index in [2.05, 4.69) is 6.58 Å². The fourth-order valence-electron chi connectivity index (χ4n) is 1.12. The lowest BCUT2D eigenvalue weighted by molar-refractivity contribution is 0.0831. The second-order valence-electron chi connectivity index (χ2n) is 3.38. The second kappa shape index (κ2) is 5.30. The number of carbonyl (C=O) groups is 1. The lowest BCUT2D eigenvalue weighted by Crippen LogP contribution is -2.03. The van der Waals surface area contributed by atoms with Gasteiger partial charge in [-0.25, -0.2) is 0 Å². The molecule has 3 nitrogen and oxygen atoms in total. The van der Waals surface area contributed by atoms with E-state index in [0.29, 0.717) is 5.75 Å². The molecule has 0 aliphatic heterocycles. The van der Waals surface area contributed by atoms with Gasteiger partial charge in [-0.1, -0.05) is 6.58 Å². The van der Waals surface area contributed by atoms with E-state index in [4.69, 9.17) is 9.47 Å². The zero-order valence-corrected chi connectivity index (χ0v) is 9.25. The van der Waals surface area contributed by atoms with Crippen LogP contribution in [0, 0.1) is 0 Å². The van der Waals surface area contributed by atoms with Crippen LogP contribution in [0.4, 0.5) is 4.39 Å². The Bertz CT molecular complexity index is 413. The van der Waals surface area contributed by atoms with Crippen LogP contribution in [-0.2, 0) is 0 Å². The summed E-state index contributed by atoms with van der Waals surface area (Å²) in [5, 5.41) is 0. The number of methoxy groups -OCH3 is 1. The minimum absolute atomic E-state index is 0.138. The van der Waals surface area contributed by atoms with Gasteiger partial charge in [-0.05, 0) is 30.7 Å². The van der Waals surface area contributed by atoms with Crippen molar-refractivity contribution in [3.05, 3.63) is 35.9 Å². The van der Waals surface area contributed by atoms with Crippen LogP contribution in [0.5, 0.6) is 11.5 Å². The molecule has 0 fully saturated rings. The molecule has 1 aromatic rings. The van der Waals surface area contributed by atoms with Gasteiger partial charge in [0.1, 0.15) is 18.1 Å². The normalized spacial score (nSPS) is 9.69. The molecule has 16 heavy (non-hydrogen) atoms. The summed E-state index contributed by atoms with van der Waals surface area (Å²) in [5.41, 5.74) is 0.647. The van der Waals surface area contributed by atoms with Crippen molar-refractivity contribution < 1.29 is 18.7 Å². The standard InChI is InChI=1S/C12H13FO3/c1-8(2)7-16-11-5-4-9(15-3)6-10(11)12(13)14/h4-6H,1,7H2,2-3H3. The van der Waals surface area contributed by atoms with Gasteiger partial charge < -0.3 is 9.47 Å². The first-order chi connectivity index (χ1) is 7.54. The van der Waals surface area contributed by atoms with Crippen molar-refractivity contribution in [1.29, 1.82) is 0 Å². The van der Waals surface area contributed by atoms with E-state index in [1.54, 1.807) is 13.0 Å². The van der Waals surface area contributed by atoms with Crippen molar-refractivity contribution in [2.24, 2.45) is 0 Å². The van der Waals surface area contributed by atoms with Gasteiger partial charge in [0.15, 0.2) is 0 Å². The molecule has 0 aliphatic rings.